The monoisotopic (exact) mass is 1740 g/mol. The molecule has 3 aromatic heterocycles. The highest BCUT2D eigenvalue weighted by Crippen LogP contribution is 2.44. The van der Waals surface area contributed by atoms with Crippen LogP contribution in [0.5, 0.6) is 34.5 Å². The number of unbranched alkanes of at least 4 members (excludes halogenated alkanes) is 1. The number of H-pyrrole nitrogens is 3. The van der Waals surface area contributed by atoms with Gasteiger partial charge in [0.1, 0.15) is 89.7 Å². The van der Waals surface area contributed by atoms with E-state index in [4.69, 9.17) is 91.2 Å². The van der Waals surface area contributed by atoms with Gasteiger partial charge in [0.2, 0.25) is 5.91 Å². The number of fused-ring (bicyclic) bond motifs is 9. The summed E-state index contributed by atoms with van der Waals surface area (Å²) in [6.45, 7) is 10.5. The number of aromatic amines is 3. The van der Waals surface area contributed by atoms with E-state index in [-0.39, 0.29) is 36.7 Å². The van der Waals surface area contributed by atoms with Crippen LogP contribution < -0.4 is 28.4 Å². The third-order valence-corrected chi connectivity index (χ3v) is 23.4. The van der Waals surface area contributed by atoms with Crippen molar-refractivity contribution in [2.45, 2.75) is 69.4 Å². The fraction of sp³-hybridized carbons (Fsp3) is 0.304. The van der Waals surface area contributed by atoms with E-state index in [0.29, 0.717) is 128 Å². The minimum Gasteiger partial charge on any atom is -0.494 e. The number of nitrogens with one attached hydrogen (secondary N) is 3. The summed E-state index contributed by atoms with van der Waals surface area (Å²) in [7, 11) is 0. The predicted octanol–water partition coefficient (Wildman–Crippen LogP) is 18.2. The number of aliphatic hydroxyl groups excluding tert-OH is 2. The number of nitrogens with zero attached hydrogens (tertiary/aromatic N) is 6. The van der Waals surface area contributed by atoms with Gasteiger partial charge in [-0.25, -0.2) is 23.2 Å². The Labute approximate surface area is 723 Å². The van der Waals surface area contributed by atoms with Gasteiger partial charge in [-0.1, -0.05) is 82.8 Å². The lowest BCUT2D eigenvalue weighted by atomic mass is 9.92. The number of benzene rings is 9. The van der Waals surface area contributed by atoms with E-state index in [9.17, 15) is 38.2 Å². The highest BCUT2D eigenvalue weighted by molar-refractivity contribution is 6.32. The van der Waals surface area contributed by atoms with Crippen LogP contribution in [0.25, 0.3) is 32.7 Å². The Bertz CT molecular complexity index is 5580. The predicted molar refractivity (Wildman–Crippen MR) is 463 cm³/mol. The van der Waals surface area contributed by atoms with E-state index in [1.807, 2.05) is 132 Å². The maximum atomic E-state index is 13.5. The molecule has 0 bridgehead atoms. The van der Waals surface area contributed by atoms with Gasteiger partial charge in [0.15, 0.2) is 0 Å². The van der Waals surface area contributed by atoms with Crippen LogP contribution in [-0.2, 0) is 28.8 Å². The van der Waals surface area contributed by atoms with Gasteiger partial charge in [0.05, 0.1) is 19.8 Å². The highest BCUT2D eigenvalue weighted by Gasteiger charge is 2.40. The summed E-state index contributed by atoms with van der Waals surface area (Å²) in [6.07, 6.45) is 0.916. The largest absolute Gasteiger partial charge is 0.494 e. The zero-order chi connectivity index (χ0) is 84.2. The van der Waals surface area contributed by atoms with Gasteiger partial charge in [-0.15, -0.1) is 11.6 Å². The normalized spacial score (nSPS) is 17.1. The molecular formula is C92H90Cl5F2N9O13. The molecule has 4 amide bonds. The zero-order valence-corrected chi connectivity index (χ0v) is 70.0. The molecular weight excluding hydrogens is 1650 g/mol. The molecule has 12 aromatic rings. The Morgan fingerprint density at radius 1 is 0.421 bits per heavy atom. The summed E-state index contributed by atoms with van der Waals surface area (Å²) < 4.78 is 66.8. The lowest BCUT2D eigenvalue weighted by molar-refractivity contribution is -0.130. The molecule has 5 aliphatic heterocycles. The van der Waals surface area contributed by atoms with E-state index in [1.165, 1.54) is 48.5 Å². The minimum absolute atomic E-state index is 0.0725. The number of halogens is 7. The third kappa shape index (κ3) is 21.0. The average Bonchev–Trinajstić information content (AvgIpc) is 1.62. The molecule has 0 aliphatic carbocycles. The van der Waals surface area contributed by atoms with Gasteiger partial charge in [0, 0.05) is 155 Å². The molecule has 2 fully saturated rings. The van der Waals surface area contributed by atoms with Gasteiger partial charge in [-0.05, 0) is 229 Å². The maximum Gasteiger partial charge on any atom is 0.416 e. The van der Waals surface area contributed by atoms with Crippen molar-refractivity contribution in [3.8, 4) is 34.5 Å². The summed E-state index contributed by atoms with van der Waals surface area (Å²) in [5, 5.41) is 26.7. The molecule has 5 aliphatic rings. The number of ether oxygens (including phenoxy) is 7. The lowest BCUT2D eigenvalue weighted by Crippen LogP contribution is -2.50. The Balaban J connectivity index is 0.000000142. The van der Waals surface area contributed by atoms with E-state index in [0.717, 1.165) is 128 Å². The Morgan fingerprint density at radius 3 is 1.11 bits per heavy atom. The molecule has 630 valence electrons. The molecule has 0 radical (unpaired) electrons. The molecule has 5 atom stereocenters. The molecule has 8 heterocycles. The van der Waals surface area contributed by atoms with E-state index in [2.05, 4.69) is 24.8 Å². The fourth-order valence-electron chi connectivity index (χ4n) is 16.1. The molecule has 22 nitrogen and oxygen atoms in total. The van der Waals surface area contributed by atoms with Gasteiger partial charge in [0.25, 0.3) is 0 Å². The first-order valence-electron chi connectivity index (χ1n) is 40.2. The standard InChI is InChI=1S/C33H34ClFN4O5.C31H31ClFN3O5.C28H25Cl3N2O3/c1-21(40)38-16-14-37(15-17-38)19-25(41)20-43-26-7-2-22(3-8-26)32-31-28(29-18-23(34)4-11-30(29)36-31)12-13-39(32)33(42)44-27-9-5-24(35)6-10-27;32-21-3-10-28-27(17-21)26-11-12-36(31(38)41-25-8-4-22(33)5-9-25)30(29(26)34-28)20-1-6-24(7-2-20)40-19-23(37)18-35-13-15-39-16-14-35;29-14-1-2-16-35-21-8-3-18(4-9-21)27-26-23(24-17-20(31)7-12-25(24)32-26)13-15-33(27)28(34)36-22-10-5-19(30)6-11-22/h2-11,18,25,32,36,41H,12-17,19-20H2,1H3;1-10,17,23,30,34,37H,11-16,18-19H2;3-12,17,27,32H,1-2,13-16H2. The smallest absolute Gasteiger partial charge is 0.416 e. The SMILES string of the molecule is CC(=O)N1CCN(CC(O)COc2ccc(C3c4[nH]c5ccc(Cl)cc5c4CCN3C(=O)Oc3ccc(F)cc3)cc2)CC1.O=C(Oc1ccc(Cl)cc1)N1CCc2c([nH]c3ccc(Cl)cc23)C1c1ccc(OCCCCCl)cc1.O=C(Oc1ccc(F)cc1)N1CCc2c([nH]c3ccc(Cl)cc23)C1c1ccc(OCC(O)CN2CCOCC2)cc1. The quantitative estimate of drug-likeness (QED) is 0.0332. The summed E-state index contributed by atoms with van der Waals surface area (Å²) in [6, 6.07) is 56.3. The highest BCUT2D eigenvalue weighted by atomic mass is 35.5. The van der Waals surface area contributed by atoms with E-state index in [1.54, 1.807) is 45.9 Å². The van der Waals surface area contributed by atoms with Crippen molar-refractivity contribution >= 4 is 115 Å². The summed E-state index contributed by atoms with van der Waals surface area (Å²) >= 11 is 30.7. The second kappa shape index (κ2) is 39.5. The number of hydrogen-bond donors (Lipinski definition) is 5. The first kappa shape index (κ1) is 85.4. The molecule has 29 heteroatoms. The van der Waals surface area contributed by atoms with Gasteiger partial charge >= 0.3 is 18.3 Å². The Morgan fingerprint density at radius 2 is 0.752 bits per heavy atom. The zero-order valence-electron chi connectivity index (χ0n) is 66.2. The van der Waals surface area contributed by atoms with Gasteiger partial charge in [-0.3, -0.25) is 29.3 Å². The number of amides is 4. The molecule has 5 unspecified atom stereocenters. The van der Waals surface area contributed by atoms with Crippen LogP contribution in [0.3, 0.4) is 0 Å². The minimum atomic E-state index is -0.686. The average molecular weight is 1750 g/mol. The van der Waals surface area contributed by atoms with E-state index >= 15 is 0 Å². The Kier molecular flexibility index (Phi) is 27.9. The molecule has 0 spiro atoms. The van der Waals surface area contributed by atoms with Crippen LogP contribution in [-0.4, -0.2) is 202 Å². The fourth-order valence-corrected chi connectivity index (χ4v) is 17.0. The number of morpholine rings is 1. The number of β-amino-alcohol motifs (C(OH)–C–C–N with tert-alkyl or cyclic N) is 2. The van der Waals surface area contributed by atoms with Crippen LogP contribution in [0.2, 0.25) is 20.1 Å². The molecule has 2 saturated heterocycles. The molecule has 9 aromatic carbocycles. The first-order chi connectivity index (χ1) is 58.7. The van der Waals surface area contributed by atoms with Gasteiger partial charge < -0.3 is 63.2 Å². The number of aromatic nitrogens is 3. The van der Waals surface area contributed by atoms with Crippen molar-refractivity contribution in [1.82, 2.24) is 44.4 Å². The number of carbonyl (C=O) groups is 4. The van der Waals surface area contributed by atoms with E-state index < -0.39 is 54.2 Å². The second-order valence-electron chi connectivity index (χ2n) is 30.2. The van der Waals surface area contributed by atoms with Crippen LogP contribution in [0, 0.1) is 11.6 Å². The molecule has 5 N–H and O–H groups in total. The number of carbonyl (C=O) groups excluding carboxylic acids is 4. The number of piperazine rings is 1. The van der Waals surface area contributed by atoms with Crippen molar-refractivity contribution in [3.63, 3.8) is 0 Å². The second-order valence-corrected chi connectivity index (χ2v) is 32.3. The van der Waals surface area contributed by atoms with Crippen molar-refractivity contribution in [2.24, 2.45) is 0 Å². The topological polar surface area (TPSA) is 240 Å². The van der Waals surface area contributed by atoms with Crippen molar-refractivity contribution in [1.29, 1.82) is 0 Å². The number of rotatable bonds is 21. The van der Waals surface area contributed by atoms with Crippen molar-refractivity contribution < 1.29 is 71.3 Å². The van der Waals surface area contributed by atoms with Crippen molar-refractivity contribution in [2.75, 3.05) is 111 Å². The number of hydrogen-bond acceptors (Lipinski definition) is 15. The number of aliphatic hydroxyl groups is 2. The van der Waals surface area contributed by atoms with Crippen LogP contribution in [0.4, 0.5) is 23.2 Å². The van der Waals surface area contributed by atoms with Crippen LogP contribution in [0.1, 0.15) is 88.4 Å². The summed E-state index contributed by atoms with van der Waals surface area (Å²) in [5.74, 6) is 2.84. The Hall–Kier alpha value is -10.6. The molecule has 0 saturated carbocycles. The van der Waals surface area contributed by atoms with Crippen LogP contribution >= 0.6 is 58.0 Å². The lowest BCUT2D eigenvalue weighted by Gasteiger charge is -2.35. The third-order valence-electron chi connectivity index (χ3n) is 22.2. The molecule has 121 heavy (non-hydrogen) atoms. The summed E-state index contributed by atoms with van der Waals surface area (Å²) in [4.78, 5) is 73.6. The first-order valence-corrected chi connectivity index (χ1v) is 42.3. The maximum absolute atomic E-state index is 13.5. The summed E-state index contributed by atoms with van der Waals surface area (Å²) in [5.41, 5.74) is 11.6. The molecule has 17 rings (SSSR count). The van der Waals surface area contributed by atoms with Crippen LogP contribution in [0.15, 0.2) is 200 Å². The number of alkyl halides is 1. The van der Waals surface area contributed by atoms with Gasteiger partial charge in [-0.2, -0.15) is 0 Å². The van der Waals surface area contributed by atoms with Crippen molar-refractivity contribution in [3.05, 3.63) is 282 Å².